The second-order valence-corrected chi connectivity index (χ2v) is 46.9. The van der Waals surface area contributed by atoms with E-state index in [1.54, 1.807) is 20.8 Å². The van der Waals surface area contributed by atoms with Gasteiger partial charge in [0, 0.05) is 122 Å². The fourth-order valence-corrected chi connectivity index (χ4v) is 28.6. The van der Waals surface area contributed by atoms with Crippen LogP contribution in [0.5, 0.6) is 0 Å². The summed E-state index contributed by atoms with van der Waals surface area (Å²) < 4.78 is 241. The Hall–Kier alpha value is -9.85. The van der Waals surface area contributed by atoms with Crippen molar-refractivity contribution in [3.63, 3.8) is 0 Å². The van der Waals surface area contributed by atoms with Gasteiger partial charge < -0.3 is 0 Å². The van der Waals surface area contributed by atoms with E-state index in [1.165, 1.54) is 210 Å². The molecule has 3 aromatic carbocycles. The summed E-state index contributed by atoms with van der Waals surface area (Å²) in [6.45, 7) is 32.6. The largest absolute Gasteiger partial charge is 0.481 e. The van der Waals surface area contributed by atoms with Crippen molar-refractivity contribution in [3.05, 3.63) is 213 Å². The van der Waals surface area contributed by atoms with Crippen LogP contribution in [0.15, 0.2) is 114 Å². The third-order valence-electron chi connectivity index (χ3n) is 24.6. The van der Waals surface area contributed by atoms with Gasteiger partial charge >= 0.3 is 43.4 Å². The van der Waals surface area contributed by atoms with Crippen molar-refractivity contribution in [2.24, 2.45) is 89.8 Å². The van der Waals surface area contributed by atoms with Gasteiger partial charge in [-0.25, -0.2) is 32.1 Å². The molecule has 0 atom stereocenters. The molecule has 0 unspecified atom stereocenters. The molecule has 0 N–H and O–H groups in total. The van der Waals surface area contributed by atoms with Gasteiger partial charge in [0.05, 0.1) is 69.2 Å². The minimum Gasteiger partial charge on any atom is -0.287 e. The van der Waals surface area contributed by atoms with Crippen LogP contribution in [0.25, 0.3) is 64.4 Å². The van der Waals surface area contributed by atoms with Crippen LogP contribution < -0.4 is 48.2 Å². The SMILES string of the molecule is CCc1sc2c(c1CC(=O)N=c1scc(-c3ccc(C(F)(F)F)c(F)c3)n1C(OP(=O)(OC(n1c(-c3ccc(C(F)(F)F)c(F)c3)csc1=NC(=O)Cc1c(CC)sc3c1c(=O)n(C)c(=O)n3C)(C(C)(C)C)C(C)(C)C)OC(n1c(-c3ccc(C(F)(F)F)c(F)c3)csc1=NC(=O)Cc1c(CC)sc3c1c(=O)n(C)c(=O)n3C)(C(C)(C)C)C(C)(C)C)(C(C)(C)C)C(C)(C)C)c(=O)n(C)c(=O)n2C. The number of phosphoric acid groups is 1. The van der Waals surface area contributed by atoms with Gasteiger partial charge in [-0.05, 0) is 72.4 Å². The van der Waals surface area contributed by atoms with Crippen molar-refractivity contribution in [1.29, 1.82) is 0 Å². The minimum absolute atomic E-state index is 0.0312. The summed E-state index contributed by atoms with van der Waals surface area (Å²) in [4.78, 5) is 146. The molecule has 3 amide bonds. The highest BCUT2D eigenvalue weighted by atomic mass is 32.1. The zero-order chi connectivity index (χ0) is 103. The maximum Gasteiger partial charge on any atom is 0.481 e. The van der Waals surface area contributed by atoms with Crippen LogP contribution in [0.1, 0.15) is 193 Å². The molecule has 0 aliphatic carbocycles. The molecular formula is C93H105F12N12O13PS6. The van der Waals surface area contributed by atoms with E-state index in [-0.39, 0.29) is 83.7 Å². The van der Waals surface area contributed by atoms with E-state index in [1.807, 2.05) is 0 Å². The number of nitrogens with zero attached hydrogens (tertiary/aromatic N) is 12. The van der Waals surface area contributed by atoms with E-state index in [0.29, 0.717) is 85.0 Å². The fraction of sp³-hybridized carbons (Fsp3) is 0.484. The van der Waals surface area contributed by atoms with Crippen LogP contribution in [-0.2, 0) is 149 Å². The van der Waals surface area contributed by atoms with Crippen molar-refractivity contribution in [2.75, 3.05) is 0 Å². The van der Waals surface area contributed by atoms with Gasteiger partial charge in [0.25, 0.3) is 34.4 Å². The Morgan fingerprint density at radius 3 is 0.745 bits per heavy atom. The number of hydrogen-bond acceptors (Lipinski definition) is 19. The highest BCUT2D eigenvalue weighted by Crippen LogP contribution is 2.73. The second-order valence-electron chi connectivity index (χ2n) is 39.7. The number of alkyl halides is 9. The molecule has 44 heteroatoms. The molecule has 0 saturated heterocycles. The monoisotopic (exact) mass is 2050 g/mol. The predicted molar refractivity (Wildman–Crippen MR) is 508 cm³/mol. The van der Waals surface area contributed by atoms with Crippen LogP contribution in [0.3, 0.4) is 0 Å². The van der Waals surface area contributed by atoms with Gasteiger partial charge in [0.1, 0.15) is 31.9 Å². The molecule has 0 fully saturated rings. The Morgan fingerprint density at radius 2 is 0.562 bits per heavy atom. The van der Waals surface area contributed by atoms with E-state index >= 15 is 71.6 Å². The third-order valence-corrected chi connectivity index (χ3v) is 32.9. The number of thiophene rings is 3. The quantitative estimate of drug-likeness (QED) is 0.0478. The number of aryl methyl sites for hydroxylation is 6. The number of thiazole rings is 3. The predicted octanol–water partition coefficient (Wildman–Crippen LogP) is 20.1. The molecule has 25 nitrogen and oxygen atoms in total. The highest BCUT2D eigenvalue weighted by molar-refractivity contribution is 7.48. The summed E-state index contributed by atoms with van der Waals surface area (Å²) in [6, 6.07) is 5.60. The third kappa shape index (κ3) is 18.3. The maximum absolute atomic E-state index is 20.2. The normalized spacial score (nSPS) is 14.4. The van der Waals surface area contributed by atoms with E-state index < -0.39 is 212 Å². The lowest BCUT2D eigenvalue weighted by Crippen LogP contribution is -2.63. The Balaban J connectivity index is 1.30. The molecule has 0 radical (unpaired) electrons. The Kier molecular flexibility index (Phi) is 28.1. The summed E-state index contributed by atoms with van der Waals surface area (Å²) in [5.74, 6) is -8.69. The highest BCUT2D eigenvalue weighted by Gasteiger charge is 2.69. The van der Waals surface area contributed by atoms with E-state index in [9.17, 15) is 28.8 Å². The summed E-state index contributed by atoms with van der Waals surface area (Å²) in [6.07, 6.45) is -17.6. The molecule has 137 heavy (non-hydrogen) atoms. The van der Waals surface area contributed by atoms with Crippen molar-refractivity contribution in [3.8, 4) is 33.8 Å². The zero-order valence-corrected chi connectivity index (χ0v) is 86.1. The number of benzene rings is 3. The molecule has 0 spiro atoms. The van der Waals surface area contributed by atoms with Crippen LogP contribution in [-0.4, -0.2) is 58.8 Å². The van der Waals surface area contributed by atoms with Crippen LogP contribution >= 0.6 is 75.8 Å². The first-order valence-corrected chi connectivity index (χ1v) is 49.6. The molecule has 0 saturated carbocycles. The Labute approximate surface area is 801 Å². The molecule has 0 aliphatic heterocycles. The molecular weight excluding hydrogens is 1940 g/mol. The number of fused-ring (bicyclic) bond motifs is 3. The number of amides is 3. The number of phosphoric ester groups is 1. The lowest BCUT2D eigenvalue weighted by atomic mass is 9.68. The average molecular weight is 2050 g/mol. The van der Waals surface area contributed by atoms with Gasteiger partial charge in [0.2, 0.25) is 0 Å². The van der Waals surface area contributed by atoms with Gasteiger partial charge in [-0.1, -0.05) is 164 Å². The van der Waals surface area contributed by atoms with Crippen molar-refractivity contribution in [2.45, 2.75) is 220 Å². The Bertz CT molecular complexity index is 6890. The molecule has 9 aromatic heterocycles. The summed E-state index contributed by atoms with van der Waals surface area (Å²) in [7, 11) is 1.18. The van der Waals surface area contributed by atoms with Gasteiger partial charge in [-0.15, -0.1) is 68.0 Å². The number of carbonyl (C=O) groups is 3. The zero-order valence-electron chi connectivity index (χ0n) is 80.3. The van der Waals surface area contributed by atoms with Crippen molar-refractivity contribution < 1.29 is 85.2 Å². The molecule has 12 rings (SSSR count). The number of hydrogen-bond donors (Lipinski definition) is 0. The molecule has 740 valence electrons. The lowest BCUT2D eigenvalue weighted by Gasteiger charge is -2.60. The number of carbonyl (C=O) groups excluding carboxylic acids is 3. The van der Waals surface area contributed by atoms with Crippen LogP contribution in [0, 0.1) is 49.9 Å². The fourth-order valence-electron chi connectivity index (χ4n) is 19.1. The first kappa shape index (κ1) is 106. The van der Waals surface area contributed by atoms with Gasteiger partial charge in [-0.2, -0.15) is 54.5 Å². The smallest absolute Gasteiger partial charge is 0.287 e. The average Bonchev–Trinajstić information content (AvgIpc) is 1.67. The standard InChI is InChI=1S/C93H105F12N12O13PS6/c1-28-61-49(67-70(121)109(22)79(124)112(25)73(67)135-61)40-64(118)106-76-115(58(43-132-76)46-31-34-52(55(94)37-46)88(97,98)99)91(82(4,5)6,83(7,8)9)128-131(127,129-92(84(10,11)12,85(13,14)15)116-59(47-32-35-53(56(95)38-47)89(100,101)102)44-133-77(116)107-65(119)41-50-62(29-2)136-74-68(50)71(122)110(23)80(125)113(74)26)130-93(86(16,17)18,87(19,20)21)117-60(48-33-36-54(57(96)39-48)90(103,104)105)45-134-78(117)108-66(120)42-51-63(30-3)137-75-69(51)72(123)111(24)81(126)114(75)27/h31-39,43-45H,28-30,40-42H2,1-27H3. The van der Waals surface area contributed by atoms with E-state index in [0.717, 1.165) is 65.9 Å². The summed E-state index contributed by atoms with van der Waals surface area (Å²) in [5.41, 5.74) is -31.7. The van der Waals surface area contributed by atoms with E-state index in [2.05, 4.69) is 0 Å². The summed E-state index contributed by atoms with van der Waals surface area (Å²) in [5, 5.41) is 3.72. The molecule has 0 bridgehead atoms. The first-order valence-electron chi connectivity index (χ1n) is 43.1. The Morgan fingerprint density at radius 1 is 0.350 bits per heavy atom. The maximum atomic E-state index is 20.2. The molecule has 0 aliphatic rings. The number of halogens is 12. The van der Waals surface area contributed by atoms with Crippen molar-refractivity contribution >= 4 is 124 Å². The molecule has 9 heterocycles. The number of aromatic nitrogens is 9. The summed E-state index contributed by atoms with van der Waals surface area (Å²) >= 11 is 5.00. The lowest BCUT2D eigenvalue weighted by molar-refractivity contribution is -0.261. The van der Waals surface area contributed by atoms with Crippen molar-refractivity contribution in [1.82, 2.24) is 41.1 Å². The van der Waals surface area contributed by atoms with Crippen LogP contribution in [0.4, 0.5) is 52.7 Å². The minimum atomic E-state index is -6.80. The van der Waals surface area contributed by atoms with E-state index in [4.69, 9.17) is 28.5 Å². The first-order chi connectivity index (χ1) is 62.8. The van der Waals surface area contributed by atoms with Gasteiger partial charge in [-0.3, -0.25) is 83.4 Å². The topological polar surface area (TPSA) is 280 Å². The number of rotatable bonds is 21. The molecule has 12 aromatic rings. The van der Waals surface area contributed by atoms with Crippen LogP contribution in [0.2, 0.25) is 0 Å². The van der Waals surface area contributed by atoms with Gasteiger partial charge in [0.15, 0.2) is 31.6 Å². The second kappa shape index (κ2) is 36.3.